The van der Waals surface area contributed by atoms with Crippen LogP contribution in [0.25, 0.3) is 0 Å². The second-order valence-electron chi connectivity index (χ2n) is 11.3. The van der Waals surface area contributed by atoms with Gasteiger partial charge in [0, 0.05) is 45.2 Å². The molecule has 7 heteroatoms. The van der Waals surface area contributed by atoms with Crippen LogP contribution in [-0.4, -0.2) is 73.6 Å². The Balaban J connectivity index is 1.43. The van der Waals surface area contributed by atoms with Crippen LogP contribution in [0, 0.1) is 24.7 Å². The molecular weight excluding hydrogens is 452 g/mol. The van der Waals surface area contributed by atoms with E-state index in [1.807, 2.05) is 4.90 Å². The maximum atomic E-state index is 13.6. The lowest BCUT2D eigenvalue weighted by Crippen LogP contribution is -2.58. The Bertz CT molecular complexity index is 857. The normalized spacial score (nSPS) is 26.7. The molecule has 1 saturated heterocycles. The summed E-state index contributed by atoms with van der Waals surface area (Å²) in [5.41, 5.74) is 8.44. The lowest BCUT2D eigenvalue weighted by molar-refractivity contribution is -0.145. The topological polar surface area (TPSA) is 87.9 Å². The summed E-state index contributed by atoms with van der Waals surface area (Å²) in [7, 11) is 1.73. The number of nitrogens with one attached hydrogen (secondary N) is 1. The third-order valence-electron chi connectivity index (χ3n) is 8.48. The van der Waals surface area contributed by atoms with Crippen LogP contribution in [-0.2, 0) is 20.9 Å². The Morgan fingerprint density at radius 3 is 2.53 bits per heavy atom. The molecule has 2 saturated carbocycles. The van der Waals surface area contributed by atoms with Gasteiger partial charge in [-0.2, -0.15) is 0 Å². The zero-order valence-corrected chi connectivity index (χ0v) is 22.3. The van der Waals surface area contributed by atoms with Crippen molar-refractivity contribution in [1.29, 1.82) is 0 Å². The van der Waals surface area contributed by atoms with Crippen LogP contribution >= 0.6 is 0 Å². The summed E-state index contributed by atoms with van der Waals surface area (Å²) in [6.07, 6.45) is 8.12. The van der Waals surface area contributed by atoms with Gasteiger partial charge in [0.2, 0.25) is 11.8 Å². The summed E-state index contributed by atoms with van der Waals surface area (Å²) in [5.74, 6) is 1.38. The first kappa shape index (κ1) is 27.1. The van der Waals surface area contributed by atoms with Gasteiger partial charge in [0.15, 0.2) is 0 Å². The van der Waals surface area contributed by atoms with Crippen molar-refractivity contribution in [1.82, 2.24) is 15.1 Å². The Morgan fingerprint density at radius 2 is 1.83 bits per heavy atom. The van der Waals surface area contributed by atoms with Gasteiger partial charge in [-0.1, -0.05) is 36.2 Å². The molecule has 0 bridgehead atoms. The fourth-order valence-electron chi connectivity index (χ4n) is 6.05. The first-order chi connectivity index (χ1) is 17.5. The van der Waals surface area contributed by atoms with Crippen LogP contribution in [0.4, 0.5) is 0 Å². The molecule has 7 nitrogen and oxygen atoms in total. The average Bonchev–Trinajstić information content (AvgIpc) is 3.76. The molecule has 0 spiro atoms. The molecule has 3 N–H and O–H groups in total. The number of likely N-dealkylation sites (tertiary alicyclic amines) is 1. The molecule has 36 heavy (non-hydrogen) atoms. The van der Waals surface area contributed by atoms with Gasteiger partial charge < -0.3 is 20.7 Å². The summed E-state index contributed by atoms with van der Waals surface area (Å²) < 4.78 is 5.42. The number of ether oxygens (including phenoxy) is 1. The van der Waals surface area contributed by atoms with Gasteiger partial charge in [-0.05, 0) is 75.8 Å². The molecule has 4 rings (SSSR count). The number of carbonyl (C=O) groups excluding carboxylic acids is 2. The minimum absolute atomic E-state index is 0.0191. The molecule has 1 aliphatic heterocycles. The quantitative estimate of drug-likeness (QED) is 0.490. The predicted molar refractivity (Wildman–Crippen MR) is 142 cm³/mol. The number of nitrogens with zero attached hydrogens (tertiary/aromatic N) is 2. The third-order valence-corrected chi connectivity index (χ3v) is 8.48. The van der Waals surface area contributed by atoms with E-state index in [1.165, 1.54) is 24.0 Å². The van der Waals surface area contributed by atoms with E-state index >= 15 is 0 Å². The van der Waals surface area contributed by atoms with Crippen LogP contribution in [0.2, 0.25) is 0 Å². The number of piperidine rings is 1. The van der Waals surface area contributed by atoms with E-state index in [2.05, 4.69) is 41.4 Å². The third kappa shape index (κ3) is 7.30. The highest BCUT2D eigenvalue weighted by molar-refractivity contribution is 5.89. The Kier molecular flexibility index (Phi) is 9.80. The zero-order chi connectivity index (χ0) is 25.5. The van der Waals surface area contributed by atoms with Crippen LogP contribution < -0.4 is 11.1 Å². The number of benzene rings is 1. The minimum Gasteiger partial charge on any atom is -0.383 e. The second kappa shape index (κ2) is 13.0. The first-order valence-electron chi connectivity index (χ1n) is 14.0. The largest absolute Gasteiger partial charge is 0.383 e. The van der Waals surface area contributed by atoms with Gasteiger partial charge in [-0.25, -0.2) is 0 Å². The molecule has 1 heterocycles. The van der Waals surface area contributed by atoms with E-state index < -0.39 is 6.04 Å². The number of hydrogen-bond donors (Lipinski definition) is 2. The van der Waals surface area contributed by atoms with Crippen LogP contribution in [0.5, 0.6) is 0 Å². The van der Waals surface area contributed by atoms with E-state index in [4.69, 9.17) is 10.5 Å². The Labute approximate surface area is 217 Å². The maximum Gasteiger partial charge on any atom is 0.242 e. The highest BCUT2D eigenvalue weighted by atomic mass is 16.5. The number of hydrogen-bond acceptors (Lipinski definition) is 5. The number of amides is 2. The van der Waals surface area contributed by atoms with E-state index in [-0.39, 0.29) is 23.8 Å². The first-order valence-corrected chi connectivity index (χ1v) is 14.0. The molecule has 2 aliphatic carbocycles. The molecule has 3 aliphatic rings. The van der Waals surface area contributed by atoms with E-state index in [1.54, 1.807) is 7.11 Å². The van der Waals surface area contributed by atoms with Crippen molar-refractivity contribution < 1.29 is 14.3 Å². The Hall–Kier alpha value is -1.96. The van der Waals surface area contributed by atoms with Crippen LogP contribution in [0.3, 0.4) is 0 Å². The minimum atomic E-state index is -0.395. The van der Waals surface area contributed by atoms with Gasteiger partial charge in [0.1, 0.15) is 6.04 Å². The fourth-order valence-corrected chi connectivity index (χ4v) is 6.05. The highest BCUT2D eigenvalue weighted by Crippen LogP contribution is 2.34. The van der Waals surface area contributed by atoms with Crippen molar-refractivity contribution in [3.05, 3.63) is 35.4 Å². The van der Waals surface area contributed by atoms with Crippen molar-refractivity contribution >= 4 is 11.8 Å². The van der Waals surface area contributed by atoms with Crippen LogP contribution in [0.1, 0.15) is 62.5 Å². The summed E-state index contributed by atoms with van der Waals surface area (Å²) in [4.78, 5) is 31.0. The molecule has 1 aromatic rings. The summed E-state index contributed by atoms with van der Waals surface area (Å²) >= 11 is 0. The van der Waals surface area contributed by atoms with Gasteiger partial charge in [-0.15, -0.1) is 0 Å². The maximum absolute atomic E-state index is 13.6. The highest BCUT2D eigenvalue weighted by Gasteiger charge is 2.42. The lowest BCUT2D eigenvalue weighted by atomic mass is 9.81. The van der Waals surface area contributed by atoms with Crippen molar-refractivity contribution in [2.75, 3.05) is 39.9 Å². The van der Waals surface area contributed by atoms with Gasteiger partial charge >= 0.3 is 0 Å². The SMILES string of the molecule is COCCN(Cc1ccc(C)cc1)C1CCN(C(=O)C2CC2)[C@@H](C(=O)NCC2CCCC(CN)C2)C1. The van der Waals surface area contributed by atoms with Crippen molar-refractivity contribution in [2.24, 2.45) is 23.5 Å². The Morgan fingerprint density at radius 1 is 1.08 bits per heavy atom. The standard InChI is InChI=1S/C29H46N4O3/c1-21-6-8-22(9-7-21)20-32(14-15-36-2)26-12-13-33(29(35)25-10-11-25)27(17-26)28(34)31-19-24-5-3-4-23(16-24)18-30/h6-9,23-27H,3-5,10-20,30H2,1-2H3,(H,31,34)/t23?,24?,26?,27-/m1/s1. The van der Waals surface area contributed by atoms with E-state index in [0.717, 1.165) is 51.7 Å². The monoisotopic (exact) mass is 498 g/mol. The number of methoxy groups -OCH3 is 1. The van der Waals surface area contributed by atoms with Crippen LogP contribution in [0.15, 0.2) is 24.3 Å². The van der Waals surface area contributed by atoms with Gasteiger partial charge in [0.05, 0.1) is 6.61 Å². The summed E-state index contributed by atoms with van der Waals surface area (Å²) in [5, 5.41) is 3.25. The predicted octanol–water partition coefficient (Wildman–Crippen LogP) is 3.09. The molecule has 3 unspecified atom stereocenters. The molecule has 1 aromatic carbocycles. The summed E-state index contributed by atoms with van der Waals surface area (Å²) in [6, 6.07) is 8.51. The molecule has 3 fully saturated rings. The lowest BCUT2D eigenvalue weighted by Gasteiger charge is -2.43. The molecule has 2 amide bonds. The molecular formula is C29H46N4O3. The van der Waals surface area contributed by atoms with Gasteiger partial charge in [-0.3, -0.25) is 14.5 Å². The zero-order valence-electron chi connectivity index (χ0n) is 22.3. The van der Waals surface area contributed by atoms with Crippen molar-refractivity contribution in [3.63, 3.8) is 0 Å². The molecule has 200 valence electrons. The smallest absolute Gasteiger partial charge is 0.242 e. The molecule has 4 atom stereocenters. The second-order valence-corrected chi connectivity index (χ2v) is 11.3. The van der Waals surface area contributed by atoms with Gasteiger partial charge in [0.25, 0.3) is 0 Å². The number of carbonyl (C=O) groups is 2. The van der Waals surface area contributed by atoms with Crippen molar-refractivity contribution in [3.8, 4) is 0 Å². The average molecular weight is 499 g/mol. The summed E-state index contributed by atoms with van der Waals surface area (Å²) in [6.45, 7) is 6.45. The van der Waals surface area contributed by atoms with E-state index in [9.17, 15) is 9.59 Å². The fraction of sp³-hybridized carbons (Fsp3) is 0.724. The number of nitrogens with two attached hydrogens (primary N) is 1. The van der Waals surface area contributed by atoms with E-state index in [0.29, 0.717) is 38.0 Å². The molecule has 0 radical (unpaired) electrons. The number of aryl methyl sites for hydroxylation is 1. The van der Waals surface area contributed by atoms with Crippen molar-refractivity contribution in [2.45, 2.75) is 76.9 Å². The molecule has 0 aromatic heterocycles. The number of rotatable bonds is 11.